The van der Waals surface area contributed by atoms with Crippen molar-refractivity contribution in [3.63, 3.8) is 0 Å². The van der Waals surface area contributed by atoms with Gasteiger partial charge in [0.25, 0.3) is 0 Å². The first-order valence-electron chi connectivity index (χ1n) is 9.05. The lowest BCUT2D eigenvalue weighted by molar-refractivity contribution is -0.132. The number of hydrogen-bond acceptors (Lipinski definition) is 4. The molecule has 1 aliphatic rings. The van der Waals surface area contributed by atoms with Gasteiger partial charge in [0.2, 0.25) is 0 Å². The number of hydrogen-bond donors (Lipinski definition) is 0. The van der Waals surface area contributed by atoms with Crippen molar-refractivity contribution in [2.24, 2.45) is 4.99 Å². The highest BCUT2D eigenvalue weighted by atomic mass is 35.5. The highest BCUT2D eigenvalue weighted by Crippen LogP contribution is 2.41. The van der Waals surface area contributed by atoms with E-state index in [1.165, 1.54) is 38.2 Å². The second-order valence-electron chi connectivity index (χ2n) is 6.83. The molecule has 0 radical (unpaired) electrons. The number of rotatable bonds is 6. The number of halogens is 1. The van der Waals surface area contributed by atoms with Gasteiger partial charge in [-0.05, 0) is 42.2 Å². The lowest BCUT2D eigenvalue weighted by atomic mass is 9.79. The summed E-state index contributed by atoms with van der Waals surface area (Å²) >= 11 is 0. The highest BCUT2D eigenvalue weighted by Gasteiger charge is 2.34. The van der Waals surface area contributed by atoms with Gasteiger partial charge in [0, 0.05) is 25.1 Å². The topological polar surface area (TPSA) is 47.9 Å². The molecule has 1 aliphatic carbocycles. The average Bonchev–Trinajstić information content (AvgIpc) is 3.13. The molecular formula is C22H26ClNO3. The molecule has 0 atom stereocenters. The van der Waals surface area contributed by atoms with Gasteiger partial charge in [-0.2, -0.15) is 0 Å². The summed E-state index contributed by atoms with van der Waals surface area (Å²) in [7, 11) is 1.56. The summed E-state index contributed by atoms with van der Waals surface area (Å²) in [4.78, 5) is 15.9. The van der Waals surface area contributed by atoms with Crippen LogP contribution in [0.25, 0.3) is 0 Å². The van der Waals surface area contributed by atoms with Gasteiger partial charge in [0.1, 0.15) is 0 Å². The van der Waals surface area contributed by atoms with Crippen LogP contribution in [0.3, 0.4) is 0 Å². The molecule has 1 fully saturated rings. The van der Waals surface area contributed by atoms with E-state index < -0.39 is 0 Å². The molecule has 4 nitrogen and oxygen atoms in total. The van der Waals surface area contributed by atoms with Crippen LogP contribution in [0.2, 0.25) is 0 Å². The van der Waals surface area contributed by atoms with Crippen molar-refractivity contribution >= 4 is 24.6 Å². The molecule has 144 valence electrons. The van der Waals surface area contributed by atoms with Gasteiger partial charge < -0.3 is 9.47 Å². The van der Waals surface area contributed by atoms with E-state index in [1.807, 2.05) is 18.3 Å². The van der Waals surface area contributed by atoms with Crippen LogP contribution in [-0.4, -0.2) is 25.8 Å². The minimum absolute atomic E-state index is 0. The van der Waals surface area contributed by atoms with Crippen LogP contribution < -0.4 is 9.47 Å². The van der Waals surface area contributed by atoms with Gasteiger partial charge >= 0.3 is 5.97 Å². The Morgan fingerprint density at radius 2 is 1.81 bits per heavy atom. The summed E-state index contributed by atoms with van der Waals surface area (Å²) in [6.07, 6.45) is 6.76. The fraction of sp³-hybridized carbons (Fsp3) is 0.364. The zero-order valence-corrected chi connectivity index (χ0v) is 16.6. The summed E-state index contributed by atoms with van der Waals surface area (Å²) in [5, 5.41) is 0. The molecule has 0 unspecified atom stereocenters. The molecule has 0 aliphatic heterocycles. The van der Waals surface area contributed by atoms with Crippen molar-refractivity contribution in [1.29, 1.82) is 0 Å². The van der Waals surface area contributed by atoms with E-state index in [0.717, 1.165) is 12.1 Å². The maximum atomic E-state index is 11.2. The van der Waals surface area contributed by atoms with E-state index in [2.05, 4.69) is 30.3 Å². The maximum absolute atomic E-state index is 11.2. The van der Waals surface area contributed by atoms with Crippen molar-refractivity contribution < 1.29 is 14.3 Å². The van der Waals surface area contributed by atoms with Crippen LogP contribution in [0.4, 0.5) is 0 Å². The quantitative estimate of drug-likeness (QED) is 0.399. The first kappa shape index (κ1) is 21.0. The van der Waals surface area contributed by atoms with Gasteiger partial charge in [-0.3, -0.25) is 9.79 Å². The fourth-order valence-electron chi connectivity index (χ4n) is 3.71. The lowest BCUT2D eigenvalue weighted by Gasteiger charge is -2.27. The lowest BCUT2D eigenvalue weighted by Crippen LogP contribution is -2.25. The molecule has 0 heterocycles. The van der Waals surface area contributed by atoms with Crippen LogP contribution in [0.1, 0.15) is 43.7 Å². The zero-order valence-electron chi connectivity index (χ0n) is 15.8. The summed E-state index contributed by atoms with van der Waals surface area (Å²) < 4.78 is 10.5. The van der Waals surface area contributed by atoms with Crippen molar-refractivity contribution in [3.05, 3.63) is 59.7 Å². The molecule has 0 aromatic heterocycles. The van der Waals surface area contributed by atoms with Crippen LogP contribution >= 0.6 is 12.4 Å². The van der Waals surface area contributed by atoms with Gasteiger partial charge in [0.15, 0.2) is 11.5 Å². The van der Waals surface area contributed by atoms with Crippen molar-refractivity contribution in [3.8, 4) is 11.5 Å². The number of esters is 1. The molecule has 2 aromatic rings. The monoisotopic (exact) mass is 387 g/mol. The molecule has 0 saturated heterocycles. The predicted octanol–water partition coefficient (Wildman–Crippen LogP) is 4.97. The van der Waals surface area contributed by atoms with Crippen molar-refractivity contribution in [2.75, 3.05) is 13.7 Å². The van der Waals surface area contributed by atoms with Gasteiger partial charge in [0.05, 0.1) is 7.11 Å². The number of benzene rings is 2. The number of nitrogens with zero attached hydrogens (tertiary/aromatic N) is 1. The SMILES string of the molecule is COc1cc(C=NCC2(c3ccccc3)CCCC2)ccc1OC(C)=O.Cl. The summed E-state index contributed by atoms with van der Waals surface area (Å²) in [6.45, 7) is 2.16. The van der Waals surface area contributed by atoms with Crippen LogP contribution in [0.5, 0.6) is 11.5 Å². The molecule has 0 spiro atoms. The first-order valence-corrected chi connectivity index (χ1v) is 9.05. The molecule has 0 N–H and O–H groups in total. The smallest absolute Gasteiger partial charge is 0.308 e. The van der Waals surface area contributed by atoms with Crippen molar-refractivity contribution in [2.45, 2.75) is 38.0 Å². The van der Waals surface area contributed by atoms with Gasteiger partial charge in [-0.1, -0.05) is 43.2 Å². The molecule has 3 rings (SSSR count). The first-order chi connectivity index (χ1) is 12.6. The van der Waals surface area contributed by atoms with E-state index in [0.29, 0.717) is 11.5 Å². The maximum Gasteiger partial charge on any atom is 0.308 e. The minimum atomic E-state index is -0.365. The Morgan fingerprint density at radius 1 is 1.11 bits per heavy atom. The van der Waals surface area contributed by atoms with Crippen LogP contribution in [-0.2, 0) is 10.2 Å². The molecule has 0 bridgehead atoms. The molecule has 1 saturated carbocycles. The normalized spacial score (nSPS) is 15.3. The third-order valence-electron chi connectivity index (χ3n) is 5.02. The van der Waals surface area contributed by atoms with Crippen molar-refractivity contribution in [1.82, 2.24) is 0 Å². The Bertz CT molecular complexity index is 783. The van der Waals surface area contributed by atoms with E-state index in [4.69, 9.17) is 14.5 Å². The summed E-state index contributed by atoms with van der Waals surface area (Å²) in [5.41, 5.74) is 2.47. The Labute approximate surface area is 167 Å². The van der Waals surface area contributed by atoms with E-state index >= 15 is 0 Å². The zero-order chi connectivity index (χ0) is 18.4. The molecule has 2 aromatic carbocycles. The minimum Gasteiger partial charge on any atom is -0.493 e. The second-order valence-corrected chi connectivity index (χ2v) is 6.83. The largest absolute Gasteiger partial charge is 0.493 e. The van der Waals surface area contributed by atoms with Crippen LogP contribution in [0.15, 0.2) is 53.5 Å². The third-order valence-corrected chi connectivity index (χ3v) is 5.02. The highest BCUT2D eigenvalue weighted by molar-refractivity contribution is 5.85. The summed E-state index contributed by atoms with van der Waals surface area (Å²) in [5.74, 6) is 0.590. The summed E-state index contributed by atoms with van der Waals surface area (Å²) in [6, 6.07) is 16.2. The molecular weight excluding hydrogens is 362 g/mol. The fourth-order valence-corrected chi connectivity index (χ4v) is 3.71. The van der Waals surface area contributed by atoms with Gasteiger partial charge in [-0.15, -0.1) is 12.4 Å². The Hall–Kier alpha value is -2.33. The third kappa shape index (κ3) is 5.10. The number of ether oxygens (including phenoxy) is 2. The van der Waals surface area contributed by atoms with Crippen LogP contribution in [0, 0.1) is 0 Å². The Kier molecular flexibility index (Phi) is 7.43. The second kappa shape index (κ2) is 9.56. The average molecular weight is 388 g/mol. The molecule has 0 amide bonds. The van der Waals surface area contributed by atoms with E-state index in [1.54, 1.807) is 13.2 Å². The molecule has 27 heavy (non-hydrogen) atoms. The number of aliphatic imine (C=N–C) groups is 1. The molecule has 5 heteroatoms. The van der Waals surface area contributed by atoms with E-state index in [9.17, 15) is 4.79 Å². The van der Waals surface area contributed by atoms with E-state index in [-0.39, 0.29) is 23.8 Å². The Balaban J connectivity index is 0.00000261. The number of carbonyl (C=O) groups is 1. The predicted molar refractivity (Wildman–Crippen MR) is 111 cm³/mol. The number of methoxy groups -OCH3 is 1. The Morgan fingerprint density at radius 3 is 2.44 bits per heavy atom. The standard InChI is InChI=1S/C22H25NO3.ClH/c1-17(24)26-20-11-10-18(14-21(20)25-2)15-23-16-22(12-6-7-13-22)19-8-4-3-5-9-19;/h3-5,8-11,14-15H,6-7,12-13,16H2,1-2H3;1H. The van der Waals surface area contributed by atoms with Gasteiger partial charge in [-0.25, -0.2) is 0 Å². The number of carbonyl (C=O) groups excluding carboxylic acids is 1.